The summed E-state index contributed by atoms with van der Waals surface area (Å²) in [5.74, 6) is -1.01. The molecular formula is C4H2Cl4FNO. The van der Waals surface area contributed by atoms with Gasteiger partial charge in [0, 0.05) is 0 Å². The van der Waals surface area contributed by atoms with Crippen molar-refractivity contribution in [1.29, 1.82) is 0 Å². The summed E-state index contributed by atoms with van der Waals surface area (Å²) in [5, 5.41) is 1.25. The maximum atomic E-state index is 11.5. The van der Waals surface area contributed by atoms with Crippen LogP contribution in [0.15, 0.2) is 11.5 Å². The number of nitrogens with one attached hydrogen (secondary N) is 1. The van der Waals surface area contributed by atoms with Gasteiger partial charge in [0.15, 0.2) is 0 Å². The van der Waals surface area contributed by atoms with Gasteiger partial charge < -0.3 is 5.32 Å². The van der Waals surface area contributed by atoms with Crippen molar-refractivity contribution in [3.63, 3.8) is 0 Å². The van der Waals surface area contributed by atoms with Crippen LogP contribution in [0.1, 0.15) is 0 Å². The molecule has 0 aromatic rings. The molecule has 0 saturated heterocycles. The normalized spacial score (nSPS) is 13.0. The molecular weight excluding hydrogens is 239 g/mol. The maximum Gasteiger partial charge on any atom is 0.277 e. The molecule has 1 N–H and O–H groups in total. The van der Waals surface area contributed by atoms with Crippen molar-refractivity contribution in [1.82, 2.24) is 5.32 Å². The molecule has 0 bridgehead atoms. The molecule has 0 heterocycles. The zero-order chi connectivity index (χ0) is 9.07. The van der Waals surface area contributed by atoms with E-state index in [-0.39, 0.29) is 6.33 Å². The van der Waals surface area contributed by atoms with Crippen molar-refractivity contribution >= 4 is 52.3 Å². The number of hydrogen-bond acceptors (Lipinski definition) is 1. The third-order valence-electron chi connectivity index (χ3n) is 0.586. The average Bonchev–Trinajstić information content (AvgIpc) is 1.85. The van der Waals surface area contributed by atoms with E-state index in [2.05, 4.69) is 0 Å². The van der Waals surface area contributed by atoms with Crippen LogP contribution < -0.4 is 5.32 Å². The Morgan fingerprint density at radius 3 is 2.18 bits per heavy atom. The summed E-state index contributed by atoms with van der Waals surface area (Å²) in [4.78, 5) is 10.6. The summed E-state index contributed by atoms with van der Waals surface area (Å²) >= 11 is 20.3. The first-order valence-electron chi connectivity index (χ1n) is 2.22. The lowest BCUT2D eigenvalue weighted by Crippen LogP contribution is -2.32. The molecule has 0 aromatic carbocycles. The fourth-order valence-corrected chi connectivity index (χ4v) is 0.434. The highest BCUT2D eigenvalue weighted by Gasteiger charge is 2.30. The van der Waals surface area contributed by atoms with Crippen LogP contribution in [-0.4, -0.2) is 9.70 Å². The maximum absolute atomic E-state index is 11.5. The first-order chi connectivity index (χ1) is 4.88. The highest BCUT2D eigenvalue weighted by molar-refractivity contribution is 6.76. The van der Waals surface area contributed by atoms with Crippen molar-refractivity contribution in [3.05, 3.63) is 11.5 Å². The van der Waals surface area contributed by atoms with Crippen LogP contribution in [0.3, 0.4) is 0 Å². The van der Waals surface area contributed by atoms with Gasteiger partial charge in [0.05, 0.1) is 0 Å². The quantitative estimate of drug-likeness (QED) is 0.554. The monoisotopic (exact) mass is 239 g/mol. The molecule has 0 atom stereocenters. The fraction of sp³-hybridized carbons (Fsp3) is 0.250. The predicted molar refractivity (Wildman–Crippen MR) is 43.5 cm³/mol. The van der Waals surface area contributed by atoms with Gasteiger partial charge in [0.1, 0.15) is 11.5 Å². The summed E-state index contributed by atoms with van der Waals surface area (Å²) < 4.78 is 9.36. The van der Waals surface area contributed by atoms with Gasteiger partial charge in [-0.25, -0.2) is 4.39 Å². The van der Waals surface area contributed by atoms with E-state index in [1.54, 1.807) is 5.32 Å². The van der Waals surface area contributed by atoms with Crippen LogP contribution >= 0.6 is 46.4 Å². The summed E-state index contributed by atoms with van der Waals surface area (Å²) in [5.41, 5.74) is 0. The lowest BCUT2D eigenvalue weighted by Gasteiger charge is -2.08. The summed E-state index contributed by atoms with van der Waals surface area (Å²) in [6, 6.07) is 0. The highest BCUT2D eigenvalue weighted by atomic mass is 35.6. The minimum Gasteiger partial charge on any atom is -0.311 e. The van der Waals surface area contributed by atoms with Crippen molar-refractivity contribution in [3.8, 4) is 0 Å². The molecule has 0 aliphatic rings. The Balaban J connectivity index is 4.10. The van der Waals surface area contributed by atoms with Crippen LogP contribution in [0.5, 0.6) is 0 Å². The molecule has 0 fully saturated rings. The second kappa shape index (κ2) is 4.36. The van der Waals surface area contributed by atoms with Gasteiger partial charge in [0.2, 0.25) is 0 Å². The predicted octanol–water partition coefficient (Wildman–Crippen LogP) is 2.48. The number of halogens is 5. The van der Waals surface area contributed by atoms with Crippen LogP contribution in [-0.2, 0) is 4.79 Å². The molecule has 1 amide bonds. The fourth-order valence-electron chi connectivity index (χ4n) is 0.207. The standard InChI is InChI=1S/C4H2Cl4FNO/c5-2(1-9)10-3(11)4(6,7)8/h1H,(H,10,11)/b2-1-. The van der Waals surface area contributed by atoms with Crippen molar-refractivity contribution in [2.75, 3.05) is 0 Å². The van der Waals surface area contributed by atoms with E-state index in [0.717, 1.165) is 0 Å². The largest absolute Gasteiger partial charge is 0.311 e. The molecule has 0 spiro atoms. The lowest BCUT2D eigenvalue weighted by molar-refractivity contribution is -0.119. The zero-order valence-corrected chi connectivity index (χ0v) is 7.90. The van der Waals surface area contributed by atoms with Crippen molar-refractivity contribution in [2.24, 2.45) is 0 Å². The molecule has 64 valence electrons. The molecule has 0 saturated carbocycles. The Kier molecular flexibility index (Phi) is 4.48. The number of amides is 1. The van der Waals surface area contributed by atoms with Crippen LogP contribution in [0.4, 0.5) is 4.39 Å². The van der Waals surface area contributed by atoms with Gasteiger partial charge >= 0.3 is 0 Å². The van der Waals surface area contributed by atoms with Crippen molar-refractivity contribution < 1.29 is 9.18 Å². The smallest absolute Gasteiger partial charge is 0.277 e. The van der Waals surface area contributed by atoms with Crippen LogP contribution in [0.2, 0.25) is 0 Å². The van der Waals surface area contributed by atoms with E-state index in [1.165, 1.54) is 0 Å². The number of carbonyl (C=O) groups is 1. The lowest BCUT2D eigenvalue weighted by atomic mass is 10.7. The molecule has 0 radical (unpaired) electrons. The number of hydrogen-bond donors (Lipinski definition) is 1. The van der Waals surface area contributed by atoms with Gasteiger partial charge in [-0.15, -0.1) is 0 Å². The van der Waals surface area contributed by atoms with E-state index >= 15 is 0 Å². The van der Waals surface area contributed by atoms with Crippen LogP contribution in [0.25, 0.3) is 0 Å². The summed E-state index contributed by atoms with van der Waals surface area (Å²) in [7, 11) is 0. The SMILES string of the molecule is O=C(N/C(Cl)=C\F)C(Cl)(Cl)Cl. The molecule has 2 nitrogen and oxygen atoms in total. The molecule has 0 unspecified atom stereocenters. The van der Waals surface area contributed by atoms with Gasteiger partial charge in [-0.05, 0) is 0 Å². The molecule has 0 aromatic heterocycles. The number of alkyl halides is 3. The molecule has 11 heavy (non-hydrogen) atoms. The minimum absolute atomic E-state index is 0.0319. The van der Waals surface area contributed by atoms with Crippen LogP contribution in [0, 0.1) is 0 Å². The summed E-state index contributed by atoms with van der Waals surface area (Å²) in [6.45, 7) is 0. The van der Waals surface area contributed by atoms with E-state index < -0.39 is 14.9 Å². The van der Waals surface area contributed by atoms with E-state index in [1.807, 2.05) is 0 Å². The molecule has 0 rings (SSSR count). The second-order valence-electron chi connectivity index (χ2n) is 1.41. The van der Waals surface area contributed by atoms with E-state index in [0.29, 0.717) is 0 Å². The first-order valence-corrected chi connectivity index (χ1v) is 3.73. The Morgan fingerprint density at radius 2 is 1.91 bits per heavy atom. The van der Waals surface area contributed by atoms with Gasteiger partial charge in [-0.2, -0.15) is 0 Å². The van der Waals surface area contributed by atoms with E-state index in [4.69, 9.17) is 46.4 Å². The molecule has 0 aliphatic heterocycles. The zero-order valence-electron chi connectivity index (χ0n) is 4.88. The Bertz CT molecular complexity index is 187. The van der Waals surface area contributed by atoms with Crippen molar-refractivity contribution in [2.45, 2.75) is 3.79 Å². The van der Waals surface area contributed by atoms with Gasteiger partial charge in [-0.3, -0.25) is 4.79 Å². The van der Waals surface area contributed by atoms with E-state index in [9.17, 15) is 9.18 Å². The number of carbonyl (C=O) groups excluding carboxylic acids is 1. The average molecular weight is 241 g/mol. The Morgan fingerprint density at radius 1 is 1.45 bits per heavy atom. The third kappa shape index (κ3) is 4.69. The number of rotatable bonds is 1. The second-order valence-corrected chi connectivity index (χ2v) is 4.10. The topological polar surface area (TPSA) is 29.1 Å². The third-order valence-corrected chi connectivity index (χ3v) is 1.28. The highest BCUT2D eigenvalue weighted by Crippen LogP contribution is 2.26. The minimum atomic E-state index is -2.14. The first kappa shape index (κ1) is 11.3. The van der Waals surface area contributed by atoms with Gasteiger partial charge in [0.25, 0.3) is 9.70 Å². The summed E-state index contributed by atoms with van der Waals surface area (Å²) in [6.07, 6.45) is -0.0319. The molecule has 0 aliphatic carbocycles. The van der Waals surface area contributed by atoms with Gasteiger partial charge in [-0.1, -0.05) is 46.4 Å². The Labute approximate surface area is 82.2 Å². The Hall–Kier alpha value is 0.300. The molecule has 7 heteroatoms.